The number of phenolic OH excluding ortho intramolecular Hbond substituents is 1. The largest absolute Gasteiger partial charge is 0.507 e. The first-order chi connectivity index (χ1) is 12.3. The van der Waals surface area contributed by atoms with Crippen molar-refractivity contribution in [3.63, 3.8) is 0 Å². The number of benzene rings is 2. The number of nitrogens with one attached hydrogen (secondary N) is 2. The molecule has 0 aliphatic carbocycles. The third-order valence-electron chi connectivity index (χ3n) is 3.91. The summed E-state index contributed by atoms with van der Waals surface area (Å²) in [5.41, 5.74) is 1.19. The lowest BCUT2D eigenvalue weighted by atomic mass is 10.1. The summed E-state index contributed by atoms with van der Waals surface area (Å²) < 4.78 is 14.3. The van der Waals surface area contributed by atoms with Crippen LogP contribution in [0.5, 0.6) is 5.75 Å². The highest BCUT2D eigenvalue weighted by Crippen LogP contribution is 2.21. The molecule has 0 bridgehead atoms. The number of fused-ring (bicyclic) bond motifs is 1. The van der Waals surface area contributed by atoms with Crippen molar-refractivity contribution in [1.82, 2.24) is 10.3 Å². The third-order valence-corrected chi connectivity index (χ3v) is 4.77. The predicted octanol–water partition coefficient (Wildman–Crippen LogP) is 3.04. The van der Waals surface area contributed by atoms with Gasteiger partial charge < -0.3 is 20.5 Å². The maximum atomic E-state index is 13.7. The molecule has 0 aliphatic rings. The molecule has 26 heavy (non-hydrogen) atoms. The first kappa shape index (κ1) is 18.2. The van der Waals surface area contributed by atoms with Gasteiger partial charge in [-0.3, -0.25) is 4.79 Å². The van der Waals surface area contributed by atoms with Crippen LogP contribution in [0.3, 0.4) is 0 Å². The molecule has 1 heterocycles. The number of carbonyl (C=O) groups is 2. The molecule has 0 fully saturated rings. The van der Waals surface area contributed by atoms with Gasteiger partial charge in [-0.25, -0.2) is 9.18 Å². The second-order valence-electron chi connectivity index (χ2n) is 5.74. The number of halogens is 2. The fourth-order valence-corrected chi connectivity index (χ4v) is 3.17. The zero-order chi connectivity index (χ0) is 18.8. The summed E-state index contributed by atoms with van der Waals surface area (Å²) in [5.74, 6) is -2.19. The quantitative estimate of drug-likeness (QED) is 0.433. The minimum absolute atomic E-state index is 0.0476. The topological polar surface area (TPSA) is 102 Å². The molecule has 0 unspecified atom stereocenters. The molecule has 2 aromatic carbocycles. The van der Waals surface area contributed by atoms with Gasteiger partial charge in [0.1, 0.15) is 23.3 Å². The fraction of sp³-hybridized carbons (Fsp3) is 0.111. The maximum absolute atomic E-state index is 13.7. The van der Waals surface area contributed by atoms with Gasteiger partial charge in [0.15, 0.2) is 0 Å². The number of aromatic nitrogens is 1. The van der Waals surface area contributed by atoms with Gasteiger partial charge in [0.25, 0.3) is 5.91 Å². The average molecular weight is 468 g/mol. The smallest absolute Gasteiger partial charge is 0.326 e. The fourth-order valence-electron chi connectivity index (χ4n) is 2.59. The predicted molar refractivity (Wildman–Crippen MR) is 102 cm³/mol. The van der Waals surface area contributed by atoms with E-state index in [0.717, 1.165) is 0 Å². The molecule has 0 radical (unpaired) electrons. The number of rotatable bonds is 5. The summed E-state index contributed by atoms with van der Waals surface area (Å²) in [5, 5.41) is 21.6. The zero-order valence-corrected chi connectivity index (χ0v) is 15.5. The van der Waals surface area contributed by atoms with Gasteiger partial charge in [0.2, 0.25) is 0 Å². The van der Waals surface area contributed by atoms with Crippen LogP contribution in [0.15, 0.2) is 42.5 Å². The van der Waals surface area contributed by atoms with Crippen LogP contribution in [-0.4, -0.2) is 33.1 Å². The van der Waals surface area contributed by atoms with E-state index in [2.05, 4.69) is 10.3 Å². The molecule has 0 saturated heterocycles. The van der Waals surface area contributed by atoms with Crippen molar-refractivity contribution in [2.75, 3.05) is 0 Å². The lowest BCUT2D eigenvalue weighted by Gasteiger charge is -2.14. The first-order valence-electron chi connectivity index (χ1n) is 7.63. The summed E-state index contributed by atoms with van der Waals surface area (Å²) in [4.78, 5) is 26.7. The van der Waals surface area contributed by atoms with E-state index < -0.39 is 23.7 Å². The summed E-state index contributed by atoms with van der Waals surface area (Å²) >= 11 is 1.93. The van der Waals surface area contributed by atoms with Crippen LogP contribution in [0.2, 0.25) is 0 Å². The third kappa shape index (κ3) is 3.79. The van der Waals surface area contributed by atoms with Crippen molar-refractivity contribution in [3.8, 4) is 5.75 Å². The number of phenols is 1. The molecule has 8 heteroatoms. The number of aromatic hydroxyl groups is 1. The SMILES string of the molecule is O=C(N[C@@H](Cc1ccc(O)c(I)c1)C(=O)O)c1cc2c(F)cccc2[nH]1. The van der Waals surface area contributed by atoms with E-state index >= 15 is 0 Å². The van der Waals surface area contributed by atoms with Gasteiger partial charge in [0.05, 0.1) is 3.57 Å². The molecule has 1 atom stereocenters. The highest BCUT2D eigenvalue weighted by atomic mass is 127. The normalized spacial score (nSPS) is 12.1. The Labute approximate surface area is 161 Å². The van der Waals surface area contributed by atoms with Gasteiger partial charge in [-0.2, -0.15) is 0 Å². The van der Waals surface area contributed by atoms with Gasteiger partial charge in [0, 0.05) is 17.3 Å². The minimum Gasteiger partial charge on any atom is -0.507 e. The summed E-state index contributed by atoms with van der Waals surface area (Å²) in [6, 6.07) is 9.32. The van der Waals surface area contributed by atoms with Crippen LogP contribution < -0.4 is 5.32 Å². The van der Waals surface area contributed by atoms with E-state index in [4.69, 9.17) is 0 Å². The Kier molecular flexibility index (Phi) is 5.12. The summed E-state index contributed by atoms with van der Waals surface area (Å²) in [6.07, 6.45) is 0.0476. The molecule has 3 aromatic rings. The van der Waals surface area contributed by atoms with Crippen LogP contribution >= 0.6 is 22.6 Å². The highest BCUT2D eigenvalue weighted by molar-refractivity contribution is 14.1. The molecule has 0 aliphatic heterocycles. The number of carboxylic acids is 1. The Hall–Kier alpha value is -2.62. The van der Waals surface area contributed by atoms with Crippen LogP contribution in [0, 0.1) is 9.39 Å². The zero-order valence-electron chi connectivity index (χ0n) is 13.3. The monoisotopic (exact) mass is 468 g/mol. The van der Waals surface area contributed by atoms with Crippen molar-refractivity contribution in [1.29, 1.82) is 0 Å². The number of aliphatic carboxylic acids is 1. The standard InChI is InChI=1S/C18H14FIN2O4/c19-11-2-1-3-13-10(11)8-14(21-13)17(24)22-15(18(25)26)7-9-4-5-16(23)12(20)6-9/h1-6,8,15,21,23H,7H2,(H,22,24)(H,25,26)/t15-/m0/s1. The first-order valence-corrected chi connectivity index (χ1v) is 8.71. The van der Waals surface area contributed by atoms with Gasteiger partial charge in [-0.1, -0.05) is 12.1 Å². The lowest BCUT2D eigenvalue weighted by Crippen LogP contribution is -2.42. The Morgan fingerprint density at radius 2 is 2.00 bits per heavy atom. The molecule has 4 N–H and O–H groups in total. The maximum Gasteiger partial charge on any atom is 0.326 e. The van der Waals surface area contributed by atoms with Crippen molar-refractivity contribution in [2.45, 2.75) is 12.5 Å². The second-order valence-corrected chi connectivity index (χ2v) is 6.90. The van der Waals surface area contributed by atoms with Crippen LogP contribution in [-0.2, 0) is 11.2 Å². The molecular formula is C18H14FIN2O4. The number of hydrogen-bond acceptors (Lipinski definition) is 3. The molecule has 0 spiro atoms. The Balaban J connectivity index is 1.80. The summed E-state index contributed by atoms with van der Waals surface area (Å²) in [6.45, 7) is 0. The van der Waals surface area contributed by atoms with Crippen molar-refractivity contribution >= 4 is 45.4 Å². The van der Waals surface area contributed by atoms with Crippen molar-refractivity contribution in [2.24, 2.45) is 0 Å². The number of carbonyl (C=O) groups excluding carboxylic acids is 1. The van der Waals surface area contributed by atoms with E-state index in [1.165, 1.54) is 24.3 Å². The lowest BCUT2D eigenvalue weighted by molar-refractivity contribution is -0.139. The molecule has 6 nitrogen and oxygen atoms in total. The van der Waals surface area contributed by atoms with Crippen LogP contribution in [0.1, 0.15) is 16.1 Å². The Bertz CT molecular complexity index is 1000. The Morgan fingerprint density at radius 3 is 2.65 bits per heavy atom. The number of amides is 1. The van der Waals surface area contributed by atoms with Crippen molar-refractivity contribution < 1.29 is 24.2 Å². The molecule has 0 saturated carbocycles. The number of carboxylic acid groups (broad SMARTS) is 1. The van der Waals surface area contributed by atoms with E-state index in [-0.39, 0.29) is 23.3 Å². The van der Waals surface area contributed by atoms with Gasteiger partial charge >= 0.3 is 5.97 Å². The van der Waals surface area contributed by atoms with E-state index in [0.29, 0.717) is 14.7 Å². The van der Waals surface area contributed by atoms with E-state index in [1.54, 1.807) is 18.2 Å². The van der Waals surface area contributed by atoms with E-state index in [1.807, 2.05) is 22.6 Å². The minimum atomic E-state index is -1.19. The molecule has 1 amide bonds. The number of hydrogen-bond donors (Lipinski definition) is 4. The average Bonchev–Trinajstić information content (AvgIpc) is 3.03. The van der Waals surface area contributed by atoms with Gasteiger partial charge in [-0.05, 0) is 58.5 Å². The van der Waals surface area contributed by atoms with Crippen LogP contribution in [0.4, 0.5) is 4.39 Å². The van der Waals surface area contributed by atoms with E-state index in [9.17, 15) is 24.2 Å². The van der Waals surface area contributed by atoms with Crippen LogP contribution in [0.25, 0.3) is 10.9 Å². The number of aromatic amines is 1. The summed E-state index contributed by atoms with van der Waals surface area (Å²) in [7, 11) is 0. The Morgan fingerprint density at radius 1 is 1.23 bits per heavy atom. The molecule has 1 aromatic heterocycles. The number of H-pyrrole nitrogens is 1. The van der Waals surface area contributed by atoms with Gasteiger partial charge in [-0.15, -0.1) is 0 Å². The van der Waals surface area contributed by atoms with Crippen molar-refractivity contribution in [3.05, 3.63) is 63.1 Å². The molecular weight excluding hydrogens is 454 g/mol. The molecule has 134 valence electrons. The molecule has 3 rings (SSSR count). The second kappa shape index (κ2) is 7.32. The highest BCUT2D eigenvalue weighted by Gasteiger charge is 2.22.